The van der Waals surface area contributed by atoms with Crippen molar-refractivity contribution in [2.24, 2.45) is 0 Å². The summed E-state index contributed by atoms with van der Waals surface area (Å²) < 4.78 is 25.1. The van der Waals surface area contributed by atoms with Gasteiger partial charge < -0.3 is 14.8 Å². The van der Waals surface area contributed by atoms with Crippen LogP contribution in [0.15, 0.2) is 43.0 Å². The van der Waals surface area contributed by atoms with Gasteiger partial charge in [-0.05, 0) is 18.6 Å². The topological polar surface area (TPSA) is 84.3 Å². The van der Waals surface area contributed by atoms with Crippen LogP contribution in [0.5, 0.6) is 0 Å². The van der Waals surface area contributed by atoms with Crippen molar-refractivity contribution in [3.8, 4) is 5.69 Å². The van der Waals surface area contributed by atoms with Gasteiger partial charge in [0.15, 0.2) is 9.84 Å². The van der Waals surface area contributed by atoms with Crippen LogP contribution in [0, 0.1) is 0 Å². The summed E-state index contributed by atoms with van der Waals surface area (Å²) in [5.74, 6) is 0.0441. The first-order valence-electron chi connectivity index (χ1n) is 7.77. The number of urea groups is 1. The summed E-state index contributed by atoms with van der Waals surface area (Å²) in [5.41, 5.74) is 1.91. The van der Waals surface area contributed by atoms with E-state index in [4.69, 9.17) is 0 Å². The molecule has 0 bridgehead atoms. The Hall–Kier alpha value is -2.35. The predicted octanol–water partition coefficient (Wildman–Crippen LogP) is 1.20. The molecule has 7 nitrogen and oxygen atoms in total. The lowest BCUT2D eigenvalue weighted by Crippen LogP contribution is -2.53. The van der Waals surface area contributed by atoms with Crippen molar-refractivity contribution >= 4 is 15.9 Å². The molecule has 0 spiro atoms. The number of nitrogens with zero attached hydrogens (tertiary/aromatic N) is 3. The number of aromatic nitrogens is 2. The molecular weight excluding hydrogens is 328 g/mol. The minimum absolute atomic E-state index is 0.0199. The fraction of sp³-hybridized carbons (Fsp3) is 0.375. The second-order valence-corrected chi connectivity index (χ2v) is 8.14. The lowest BCUT2D eigenvalue weighted by atomic mass is 10.1. The van der Waals surface area contributed by atoms with E-state index < -0.39 is 9.84 Å². The molecule has 1 saturated heterocycles. The van der Waals surface area contributed by atoms with E-state index in [2.05, 4.69) is 10.3 Å². The van der Waals surface area contributed by atoms with Gasteiger partial charge >= 0.3 is 6.03 Å². The van der Waals surface area contributed by atoms with Gasteiger partial charge in [-0.15, -0.1) is 0 Å². The SMILES string of the molecule is CC1CS(=O)(=O)CCN1C(=O)NCc1ccccc1-n1ccnc1. The molecule has 1 fully saturated rings. The summed E-state index contributed by atoms with van der Waals surface area (Å²) >= 11 is 0. The first-order valence-corrected chi connectivity index (χ1v) is 9.59. The second kappa shape index (κ2) is 6.64. The third-order valence-electron chi connectivity index (χ3n) is 4.14. The summed E-state index contributed by atoms with van der Waals surface area (Å²) in [6.07, 6.45) is 5.25. The van der Waals surface area contributed by atoms with Crippen LogP contribution in [-0.4, -0.2) is 53.0 Å². The van der Waals surface area contributed by atoms with Crippen molar-refractivity contribution in [2.45, 2.75) is 19.5 Å². The summed E-state index contributed by atoms with van der Waals surface area (Å²) in [7, 11) is -3.03. The maximum Gasteiger partial charge on any atom is 0.317 e. The fourth-order valence-electron chi connectivity index (χ4n) is 2.89. The Balaban J connectivity index is 1.67. The molecule has 1 aliphatic rings. The van der Waals surface area contributed by atoms with Crippen LogP contribution >= 0.6 is 0 Å². The van der Waals surface area contributed by atoms with Crippen molar-refractivity contribution in [1.29, 1.82) is 0 Å². The Labute approximate surface area is 141 Å². The standard InChI is InChI=1S/C16H20N4O3S/c1-13-11-24(22,23)9-8-20(13)16(21)18-10-14-4-2-3-5-15(14)19-7-6-17-12-19/h2-7,12-13H,8-11H2,1H3,(H,18,21). The lowest BCUT2D eigenvalue weighted by Gasteiger charge is -2.33. The summed E-state index contributed by atoms with van der Waals surface area (Å²) in [4.78, 5) is 18.0. The molecule has 1 aliphatic heterocycles. The number of para-hydroxylation sites is 1. The Morgan fingerprint density at radius 3 is 2.88 bits per heavy atom. The van der Waals surface area contributed by atoms with Gasteiger partial charge in [-0.25, -0.2) is 18.2 Å². The molecule has 1 atom stereocenters. The van der Waals surface area contributed by atoms with E-state index in [-0.39, 0.29) is 30.1 Å². The van der Waals surface area contributed by atoms with E-state index in [0.717, 1.165) is 11.3 Å². The molecule has 0 saturated carbocycles. The molecular formula is C16H20N4O3S. The molecule has 0 aliphatic carbocycles. The maximum absolute atomic E-state index is 12.4. The third kappa shape index (κ3) is 3.59. The van der Waals surface area contributed by atoms with E-state index in [1.807, 2.05) is 35.0 Å². The number of sulfone groups is 1. The first-order chi connectivity index (χ1) is 11.5. The van der Waals surface area contributed by atoms with Gasteiger partial charge in [0.05, 0.1) is 23.5 Å². The highest BCUT2D eigenvalue weighted by atomic mass is 32.2. The number of nitrogens with one attached hydrogen (secondary N) is 1. The van der Waals surface area contributed by atoms with Crippen LogP contribution in [0.1, 0.15) is 12.5 Å². The fourth-order valence-corrected chi connectivity index (χ4v) is 4.44. The number of benzene rings is 1. The lowest BCUT2D eigenvalue weighted by molar-refractivity contribution is 0.184. The second-order valence-electron chi connectivity index (χ2n) is 5.91. The quantitative estimate of drug-likeness (QED) is 0.903. The smallest absolute Gasteiger partial charge is 0.317 e. The average molecular weight is 348 g/mol. The van der Waals surface area contributed by atoms with Gasteiger partial charge in [-0.3, -0.25) is 0 Å². The highest BCUT2D eigenvalue weighted by molar-refractivity contribution is 7.91. The highest BCUT2D eigenvalue weighted by Gasteiger charge is 2.31. The molecule has 2 heterocycles. The largest absolute Gasteiger partial charge is 0.334 e. The summed E-state index contributed by atoms with van der Waals surface area (Å²) in [5, 5.41) is 2.89. The molecule has 1 unspecified atom stereocenters. The van der Waals surface area contributed by atoms with Crippen molar-refractivity contribution in [2.75, 3.05) is 18.1 Å². The number of amides is 2. The van der Waals surface area contributed by atoms with E-state index in [0.29, 0.717) is 6.54 Å². The maximum atomic E-state index is 12.4. The Bertz CT molecular complexity index is 818. The Morgan fingerprint density at radius 2 is 2.17 bits per heavy atom. The highest BCUT2D eigenvalue weighted by Crippen LogP contribution is 2.15. The molecule has 2 amide bonds. The molecule has 3 rings (SSSR count). The van der Waals surface area contributed by atoms with Crippen molar-refractivity contribution in [3.05, 3.63) is 48.5 Å². The van der Waals surface area contributed by atoms with Crippen LogP contribution in [0.2, 0.25) is 0 Å². The molecule has 1 N–H and O–H groups in total. The summed E-state index contributed by atoms with van der Waals surface area (Å²) in [6.45, 7) is 2.36. The monoisotopic (exact) mass is 348 g/mol. The van der Waals surface area contributed by atoms with Crippen molar-refractivity contribution < 1.29 is 13.2 Å². The number of carbonyl (C=O) groups excluding carboxylic acids is 1. The van der Waals surface area contributed by atoms with Gasteiger partial charge in [-0.1, -0.05) is 18.2 Å². The number of hydrogen-bond donors (Lipinski definition) is 1. The zero-order chi connectivity index (χ0) is 17.2. The zero-order valence-electron chi connectivity index (χ0n) is 13.4. The number of hydrogen-bond acceptors (Lipinski definition) is 4. The predicted molar refractivity (Wildman–Crippen MR) is 90.6 cm³/mol. The third-order valence-corrected chi connectivity index (χ3v) is 5.93. The van der Waals surface area contributed by atoms with Gasteiger partial charge in [-0.2, -0.15) is 0 Å². The van der Waals surface area contributed by atoms with Gasteiger partial charge in [0.25, 0.3) is 0 Å². The van der Waals surface area contributed by atoms with E-state index in [9.17, 15) is 13.2 Å². The van der Waals surface area contributed by atoms with Crippen molar-refractivity contribution in [3.63, 3.8) is 0 Å². The van der Waals surface area contributed by atoms with Crippen LogP contribution in [0.25, 0.3) is 5.69 Å². The van der Waals surface area contributed by atoms with Crippen LogP contribution < -0.4 is 5.32 Å². The van der Waals surface area contributed by atoms with E-state index in [1.165, 1.54) is 0 Å². The molecule has 24 heavy (non-hydrogen) atoms. The first kappa shape index (κ1) is 16.5. The van der Waals surface area contributed by atoms with Crippen LogP contribution in [0.4, 0.5) is 4.79 Å². The van der Waals surface area contributed by atoms with Gasteiger partial charge in [0.2, 0.25) is 0 Å². The normalized spacial score (nSPS) is 19.9. The zero-order valence-corrected chi connectivity index (χ0v) is 14.2. The number of rotatable bonds is 3. The van der Waals surface area contributed by atoms with E-state index >= 15 is 0 Å². The minimum atomic E-state index is -3.03. The molecule has 0 radical (unpaired) electrons. The average Bonchev–Trinajstić information content (AvgIpc) is 3.06. The molecule has 128 valence electrons. The number of imidazole rings is 1. The van der Waals surface area contributed by atoms with E-state index in [1.54, 1.807) is 24.3 Å². The number of carbonyl (C=O) groups is 1. The molecule has 1 aromatic heterocycles. The molecule has 1 aromatic carbocycles. The Kier molecular flexibility index (Phi) is 4.57. The van der Waals surface area contributed by atoms with Gasteiger partial charge in [0.1, 0.15) is 0 Å². The molecule has 8 heteroatoms. The van der Waals surface area contributed by atoms with Gasteiger partial charge in [0, 0.05) is 31.5 Å². The molecule has 2 aromatic rings. The van der Waals surface area contributed by atoms with Crippen molar-refractivity contribution in [1.82, 2.24) is 19.8 Å². The minimum Gasteiger partial charge on any atom is -0.334 e. The van der Waals surface area contributed by atoms with Crippen LogP contribution in [0.3, 0.4) is 0 Å². The summed E-state index contributed by atoms with van der Waals surface area (Å²) in [6, 6.07) is 7.19. The van der Waals surface area contributed by atoms with Crippen LogP contribution in [-0.2, 0) is 16.4 Å². The Morgan fingerprint density at radius 1 is 1.38 bits per heavy atom.